The molecule has 7 nitrogen and oxygen atoms in total. The number of hydrogen-bond donors (Lipinski definition) is 4. The molecule has 0 unspecified atom stereocenters. The molecule has 0 saturated carbocycles. The van der Waals surface area contributed by atoms with Crippen molar-refractivity contribution in [3.63, 3.8) is 0 Å². The van der Waals surface area contributed by atoms with Crippen LogP contribution in [0.5, 0.6) is 0 Å². The summed E-state index contributed by atoms with van der Waals surface area (Å²) in [5.41, 5.74) is 6.29. The van der Waals surface area contributed by atoms with E-state index >= 15 is 0 Å². The Balaban J connectivity index is 1.17. The summed E-state index contributed by atoms with van der Waals surface area (Å²) in [4.78, 5) is 20.8. The summed E-state index contributed by atoms with van der Waals surface area (Å²) in [5.74, 6) is 2.05. The first-order valence-electron chi connectivity index (χ1n) is 11.5. The molecule has 0 spiro atoms. The van der Waals surface area contributed by atoms with Crippen LogP contribution in [0.2, 0.25) is 0 Å². The SMILES string of the molecule is c1cc(-c2cnc([C@@H]3CCCN3)[nH]2)ccc1-c1ccc(-c2cnc([C@@H]3CCCN3)[nH]2)cn1. The van der Waals surface area contributed by atoms with Crippen molar-refractivity contribution in [2.24, 2.45) is 0 Å². The number of benzene rings is 1. The van der Waals surface area contributed by atoms with E-state index in [1.807, 2.05) is 18.6 Å². The molecule has 1 aromatic carbocycles. The van der Waals surface area contributed by atoms with E-state index in [-0.39, 0.29) is 0 Å². The minimum Gasteiger partial charge on any atom is -0.341 e. The average molecular weight is 426 g/mol. The quantitative estimate of drug-likeness (QED) is 0.381. The summed E-state index contributed by atoms with van der Waals surface area (Å²) < 4.78 is 0. The lowest BCUT2D eigenvalue weighted by Gasteiger charge is -2.06. The number of rotatable bonds is 5. The van der Waals surface area contributed by atoms with Gasteiger partial charge in [0.1, 0.15) is 11.6 Å². The molecule has 2 saturated heterocycles. The molecule has 6 rings (SSSR count). The van der Waals surface area contributed by atoms with E-state index in [9.17, 15) is 0 Å². The molecule has 32 heavy (non-hydrogen) atoms. The summed E-state index contributed by atoms with van der Waals surface area (Å²) in [5, 5.41) is 6.97. The lowest BCUT2D eigenvalue weighted by atomic mass is 10.1. The van der Waals surface area contributed by atoms with Crippen LogP contribution in [0.25, 0.3) is 33.8 Å². The molecule has 162 valence electrons. The summed E-state index contributed by atoms with van der Waals surface area (Å²) in [6, 6.07) is 13.3. The largest absolute Gasteiger partial charge is 0.341 e. The van der Waals surface area contributed by atoms with E-state index in [0.717, 1.165) is 71.4 Å². The number of aromatic amines is 2. The van der Waals surface area contributed by atoms with Crippen LogP contribution >= 0.6 is 0 Å². The van der Waals surface area contributed by atoms with E-state index < -0.39 is 0 Å². The van der Waals surface area contributed by atoms with Gasteiger partial charge >= 0.3 is 0 Å². The van der Waals surface area contributed by atoms with Gasteiger partial charge in [-0.3, -0.25) is 4.98 Å². The third-order valence-electron chi connectivity index (χ3n) is 6.54. The average Bonchev–Trinajstić information content (AvgIpc) is 3.66. The molecule has 4 N–H and O–H groups in total. The van der Waals surface area contributed by atoms with Crippen LogP contribution in [0.4, 0.5) is 0 Å². The maximum atomic E-state index is 4.70. The minimum atomic E-state index is 0.342. The highest BCUT2D eigenvalue weighted by molar-refractivity contribution is 5.68. The Kier molecular flexibility index (Phi) is 5.05. The van der Waals surface area contributed by atoms with Crippen molar-refractivity contribution >= 4 is 0 Å². The lowest BCUT2D eigenvalue weighted by Crippen LogP contribution is -2.14. The Morgan fingerprint density at radius 1 is 0.594 bits per heavy atom. The highest BCUT2D eigenvalue weighted by atomic mass is 15.0. The van der Waals surface area contributed by atoms with Crippen LogP contribution in [-0.4, -0.2) is 38.0 Å². The number of H-pyrrole nitrogens is 2. The molecule has 7 heteroatoms. The van der Waals surface area contributed by atoms with Crippen molar-refractivity contribution in [2.75, 3.05) is 13.1 Å². The van der Waals surface area contributed by atoms with Crippen LogP contribution in [0, 0.1) is 0 Å². The van der Waals surface area contributed by atoms with Gasteiger partial charge in [0.15, 0.2) is 0 Å². The second-order valence-electron chi connectivity index (χ2n) is 8.67. The van der Waals surface area contributed by atoms with Crippen LogP contribution in [-0.2, 0) is 0 Å². The Labute approximate surface area is 187 Å². The van der Waals surface area contributed by atoms with E-state index in [1.165, 1.54) is 12.8 Å². The van der Waals surface area contributed by atoms with Crippen molar-refractivity contribution in [1.82, 2.24) is 35.6 Å². The van der Waals surface area contributed by atoms with Crippen molar-refractivity contribution in [3.05, 3.63) is 66.6 Å². The second-order valence-corrected chi connectivity index (χ2v) is 8.67. The molecule has 0 aliphatic carbocycles. The van der Waals surface area contributed by atoms with Crippen molar-refractivity contribution in [2.45, 2.75) is 37.8 Å². The fourth-order valence-electron chi connectivity index (χ4n) is 4.70. The smallest absolute Gasteiger partial charge is 0.123 e. The predicted molar refractivity (Wildman–Crippen MR) is 125 cm³/mol. The third-order valence-corrected chi connectivity index (χ3v) is 6.54. The zero-order valence-corrected chi connectivity index (χ0v) is 17.9. The molecule has 3 aromatic heterocycles. The lowest BCUT2D eigenvalue weighted by molar-refractivity contribution is 0.613. The van der Waals surface area contributed by atoms with Gasteiger partial charge in [-0.25, -0.2) is 9.97 Å². The molecular weight excluding hydrogens is 398 g/mol. The molecule has 5 heterocycles. The maximum Gasteiger partial charge on any atom is 0.123 e. The van der Waals surface area contributed by atoms with Gasteiger partial charge in [0.05, 0.1) is 41.6 Å². The van der Waals surface area contributed by atoms with Crippen molar-refractivity contribution < 1.29 is 0 Å². The van der Waals surface area contributed by atoms with E-state index in [2.05, 4.69) is 67.0 Å². The van der Waals surface area contributed by atoms with Crippen LogP contribution < -0.4 is 10.6 Å². The summed E-state index contributed by atoms with van der Waals surface area (Å²) >= 11 is 0. The van der Waals surface area contributed by atoms with Crippen molar-refractivity contribution in [1.29, 1.82) is 0 Å². The first-order chi connectivity index (χ1) is 15.8. The van der Waals surface area contributed by atoms with E-state index in [0.29, 0.717) is 12.1 Å². The fraction of sp³-hybridized carbons (Fsp3) is 0.320. The van der Waals surface area contributed by atoms with Gasteiger partial charge in [0, 0.05) is 17.3 Å². The first kappa shape index (κ1) is 19.4. The molecule has 0 amide bonds. The standard InChI is InChI=1S/C25H27N7/c1-3-20(26-11-1)24-29-14-22(31-24)17-7-5-16(6-8-17)19-10-9-18(13-28-19)23-15-30-25(32-23)21-4-2-12-27-21/h5-10,13-15,20-21,26-27H,1-4,11-12H2,(H,29,31)(H,30,32)/t20-,21-/m0/s1. The van der Waals surface area contributed by atoms with Crippen LogP contribution in [0.15, 0.2) is 55.0 Å². The Morgan fingerprint density at radius 2 is 1.16 bits per heavy atom. The fourth-order valence-corrected chi connectivity index (χ4v) is 4.70. The number of pyridine rings is 1. The normalized spacial score (nSPS) is 20.8. The molecule has 4 aromatic rings. The van der Waals surface area contributed by atoms with E-state index in [1.54, 1.807) is 0 Å². The monoisotopic (exact) mass is 425 g/mol. The minimum absolute atomic E-state index is 0.342. The Bertz CT molecular complexity index is 1080. The second kappa shape index (κ2) is 8.33. The zero-order valence-electron chi connectivity index (χ0n) is 17.9. The Hall–Kier alpha value is -3.29. The molecule has 2 fully saturated rings. The number of hydrogen-bond acceptors (Lipinski definition) is 5. The molecule has 2 aliphatic rings. The van der Waals surface area contributed by atoms with Gasteiger partial charge in [-0.15, -0.1) is 0 Å². The summed E-state index contributed by atoms with van der Waals surface area (Å²) in [6.07, 6.45) is 10.4. The van der Waals surface area contributed by atoms with Crippen molar-refractivity contribution in [3.8, 4) is 33.8 Å². The van der Waals surface area contributed by atoms with Crippen LogP contribution in [0.1, 0.15) is 49.4 Å². The highest BCUT2D eigenvalue weighted by Gasteiger charge is 2.20. The topological polar surface area (TPSA) is 94.3 Å². The van der Waals surface area contributed by atoms with E-state index in [4.69, 9.17) is 4.98 Å². The summed E-state index contributed by atoms with van der Waals surface area (Å²) in [7, 11) is 0. The first-order valence-corrected chi connectivity index (χ1v) is 11.5. The highest BCUT2D eigenvalue weighted by Crippen LogP contribution is 2.28. The van der Waals surface area contributed by atoms with Crippen LogP contribution in [0.3, 0.4) is 0 Å². The van der Waals surface area contributed by atoms with Gasteiger partial charge < -0.3 is 20.6 Å². The van der Waals surface area contributed by atoms with Gasteiger partial charge in [-0.2, -0.15) is 0 Å². The maximum absolute atomic E-state index is 4.70. The van der Waals surface area contributed by atoms with Gasteiger partial charge in [0.2, 0.25) is 0 Å². The molecule has 2 atom stereocenters. The van der Waals surface area contributed by atoms with Gasteiger partial charge in [-0.05, 0) is 56.5 Å². The number of nitrogens with zero attached hydrogens (tertiary/aromatic N) is 3. The Morgan fingerprint density at radius 3 is 1.69 bits per heavy atom. The number of imidazole rings is 2. The molecule has 0 radical (unpaired) electrons. The number of aromatic nitrogens is 5. The van der Waals surface area contributed by atoms with Gasteiger partial charge in [-0.1, -0.05) is 24.3 Å². The summed E-state index contributed by atoms with van der Waals surface area (Å²) in [6.45, 7) is 2.13. The molecular formula is C25H27N7. The predicted octanol–water partition coefficient (Wildman–Crippen LogP) is 4.38. The molecule has 0 bridgehead atoms. The third kappa shape index (κ3) is 3.74. The van der Waals surface area contributed by atoms with Gasteiger partial charge in [0.25, 0.3) is 0 Å². The number of nitrogens with one attached hydrogen (secondary N) is 4. The zero-order chi connectivity index (χ0) is 21.3. The molecule has 2 aliphatic heterocycles.